The van der Waals surface area contributed by atoms with Crippen LogP contribution in [0.1, 0.15) is 11.3 Å². The molecule has 11 heteroatoms. The number of imidazole rings is 1. The second-order valence-electron chi connectivity index (χ2n) is 6.36. The van der Waals surface area contributed by atoms with Gasteiger partial charge in [0.2, 0.25) is 0 Å². The minimum atomic E-state index is 0.311. The highest BCUT2D eigenvalue weighted by atomic mass is 32.2. The van der Waals surface area contributed by atoms with Gasteiger partial charge >= 0.3 is 0 Å². The fourth-order valence-corrected chi connectivity index (χ4v) is 4.02. The van der Waals surface area contributed by atoms with E-state index < -0.39 is 0 Å². The summed E-state index contributed by atoms with van der Waals surface area (Å²) in [6, 6.07) is 6.27. The SMILES string of the molecule is N#CNC=NCc1ncnc2c1ncn2Cc1ccc2c(c1)Nc1nccnc1S2. The Morgan fingerprint density at radius 2 is 2.13 bits per heavy atom. The minimum Gasteiger partial charge on any atom is -0.337 e. The Balaban J connectivity index is 1.40. The average molecular weight is 414 g/mol. The molecule has 2 N–H and O–H groups in total. The van der Waals surface area contributed by atoms with Crippen molar-refractivity contribution in [2.24, 2.45) is 4.99 Å². The van der Waals surface area contributed by atoms with Crippen molar-refractivity contribution in [3.05, 3.63) is 54.5 Å². The van der Waals surface area contributed by atoms with Gasteiger partial charge in [-0.3, -0.25) is 10.3 Å². The minimum absolute atomic E-state index is 0.311. The highest BCUT2D eigenvalue weighted by Gasteiger charge is 2.18. The predicted octanol–water partition coefficient (Wildman–Crippen LogP) is 2.47. The van der Waals surface area contributed by atoms with Gasteiger partial charge in [-0.15, -0.1) is 0 Å². The summed E-state index contributed by atoms with van der Waals surface area (Å²) in [6.45, 7) is 0.921. The summed E-state index contributed by atoms with van der Waals surface area (Å²) in [5.41, 5.74) is 4.24. The van der Waals surface area contributed by atoms with E-state index in [0.717, 1.165) is 32.6 Å². The van der Waals surface area contributed by atoms with Crippen LogP contribution in [0.3, 0.4) is 0 Å². The Morgan fingerprint density at radius 3 is 3.07 bits per heavy atom. The van der Waals surface area contributed by atoms with E-state index in [-0.39, 0.29) is 0 Å². The molecule has 0 fully saturated rings. The zero-order valence-corrected chi connectivity index (χ0v) is 16.3. The molecule has 0 saturated carbocycles. The molecule has 3 aromatic heterocycles. The van der Waals surface area contributed by atoms with Crippen LogP contribution in [0.5, 0.6) is 0 Å². The first-order chi connectivity index (χ1) is 14.8. The lowest BCUT2D eigenvalue weighted by Gasteiger charge is -2.19. The van der Waals surface area contributed by atoms with E-state index in [9.17, 15) is 0 Å². The number of fused-ring (bicyclic) bond motifs is 3. The zero-order chi connectivity index (χ0) is 20.3. The third-order valence-corrected chi connectivity index (χ3v) is 5.53. The standard InChI is InChI=1S/C19H14N10S/c20-8-22-9-21-6-14-16-18(26-10-25-14)29(11-27-16)7-12-1-2-15-13(5-12)28-17-19(30-15)24-4-3-23-17/h1-5,9-11H,6-7H2,(H,21,22)(H,23,28). The van der Waals surface area contributed by atoms with Crippen molar-refractivity contribution in [3.8, 4) is 6.19 Å². The molecule has 146 valence electrons. The van der Waals surface area contributed by atoms with Crippen molar-refractivity contribution < 1.29 is 0 Å². The summed E-state index contributed by atoms with van der Waals surface area (Å²) in [7, 11) is 0. The monoisotopic (exact) mass is 414 g/mol. The van der Waals surface area contributed by atoms with E-state index >= 15 is 0 Å². The highest BCUT2D eigenvalue weighted by molar-refractivity contribution is 7.99. The lowest BCUT2D eigenvalue weighted by atomic mass is 10.2. The lowest BCUT2D eigenvalue weighted by molar-refractivity contribution is 0.811. The fraction of sp³-hybridized carbons (Fsp3) is 0.105. The first kappa shape index (κ1) is 18.0. The number of benzene rings is 1. The predicted molar refractivity (Wildman–Crippen MR) is 111 cm³/mol. The second kappa shape index (κ2) is 7.76. The first-order valence-electron chi connectivity index (χ1n) is 8.98. The molecule has 10 nitrogen and oxygen atoms in total. The van der Waals surface area contributed by atoms with E-state index in [1.807, 2.05) is 4.57 Å². The Bertz CT molecular complexity index is 1310. The molecule has 0 radical (unpaired) electrons. The summed E-state index contributed by atoms with van der Waals surface area (Å²) in [4.78, 5) is 27.1. The van der Waals surface area contributed by atoms with Gasteiger partial charge in [0.15, 0.2) is 17.7 Å². The van der Waals surface area contributed by atoms with Gasteiger partial charge in [0.25, 0.3) is 0 Å². The van der Waals surface area contributed by atoms with Gasteiger partial charge in [0, 0.05) is 17.3 Å². The Labute approximate surface area is 175 Å². The number of hydrogen-bond donors (Lipinski definition) is 2. The average Bonchev–Trinajstić information content (AvgIpc) is 3.19. The van der Waals surface area contributed by atoms with Gasteiger partial charge in [-0.2, -0.15) is 5.26 Å². The van der Waals surface area contributed by atoms with Gasteiger partial charge in [-0.05, 0) is 17.7 Å². The van der Waals surface area contributed by atoms with E-state index in [0.29, 0.717) is 24.3 Å². The van der Waals surface area contributed by atoms with Gasteiger partial charge in [-0.25, -0.2) is 24.9 Å². The molecule has 1 aliphatic heterocycles. The summed E-state index contributed by atoms with van der Waals surface area (Å²) < 4.78 is 1.98. The van der Waals surface area contributed by atoms with Gasteiger partial charge < -0.3 is 9.88 Å². The number of nitrogens with one attached hydrogen (secondary N) is 2. The molecule has 1 aliphatic rings. The summed E-state index contributed by atoms with van der Waals surface area (Å²) in [5.74, 6) is 0.768. The lowest BCUT2D eigenvalue weighted by Crippen LogP contribution is -2.05. The molecule has 4 aromatic rings. The third-order valence-electron chi connectivity index (χ3n) is 4.46. The van der Waals surface area contributed by atoms with Crippen LogP contribution in [0, 0.1) is 11.5 Å². The smallest absolute Gasteiger partial charge is 0.182 e. The second-order valence-corrected chi connectivity index (χ2v) is 7.39. The summed E-state index contributed by atoms with van der Waals surface area (Å²) >= 11 is 1.60. The molecule has 0 saturated heterocycles. The Kier molecular flexibility index (Phi) is 4.66. The fourth-order valence-electron chi connectivity index (χ4n) is 3.14. The molecule has 0 unspecified atom stereocenters. The molecule has 0 spiro atoms. The molecule has 0 atom stereocenters. The Morgan fingerprint density at radius 1 is 1.20 bits per heavy atom. The maximum atomic E-state index is 8.50. The largest absolute Gasteiger partial charge is 0.337 e. The van der Waals surface area contributed by atoms with Crippen molar-refractivity contribution >= 4 is 40.8 Å². The number of rotatable bonds is 5. The van der Waals surface area contributed by atoms with Crippen LogP contribution in [-0.2, 0) is 13.1 Å². The van der Waals surface area contributed by atoms with Gasteiger partial charge in [0.1, 0.15) is 16.9 Å². The van der Waals surface area contributed by atoms with Crippen LogP contribution in [0.2, 0.25) is 0 Å². The Hall–Kier alpha value is -4.04. The maximum Gasteiger partial charge on any atom is 0.182 e. The molecule has 0 amide bonds. The molecular formula is C19H14N10S. The van der Waals surface area contributed by atoms with Gasteiger partial charge in [-0.1, -0.05) is 17.8 Å². The van der Waals surface area contributed by atoms with Crippen molar-refractivity contribution in [2.45, 2.75) is 23.0 Å². The molecule has 30 heavy (non-hydrogen) atoms. The van der Waals surface area contributed by atoms with Crippen LogP contribution >= 0.6 is 11.8 Å². The van der Waals surface area contributed by atoms with E-state index in [4.69, 9.17) is 5.26 Å². The quantitative estimate of drug-likeness (QED) is 0.193. The van der Waals surface area contributed by atoms with Crippen LogP contribution in [-0.4, -0.2) is 35.8 Å². The molecular weight excluding hydrogens is 400 g/mol. The molecule has 0 aliphatic carbocycles. The zero-order valence-electron chi connectivity index (χ0n) is 15.5. The van der Waals surface area contributed by atoms with Crippen LogP contribution in [0.15, 0.2) is 58.2 Å². The van der Waals surface area contributed by atoms with Crippen LogP contribution in [0.4, 0.5) is 11.5 Å². The summed E-state index contributed by atoms with van der Waals surface area (Å²) in [5, 5.41) is 15.1. The van der Waals surface area contributed by atoms with E-state index in [2.05, 4.69) is 58.7 Å². The van der Waals surface area contributed by atoms with E-state index in [1.165, 1.54) is 12.7 Å². The van der Waals surface area contributed by atoms with Crippen LogP contribution in [0.25, 0.3) is 11.2 Å². The van der Waals surface area contributed by atoms with E-state index in [1.54, 1.807) is 36.7 Å². The number of aliphatic imine (C=N–C) groups is 1. The first-order valence-corrected chi connectivity index (χ1v) is 9.80. The maximum absolute atomic E-state index is 8.50. The number of anilines is 2. The molecule has 4 heterocycles. The topological polar surface area (TPSA) is 130 Å². The van der Waals surface area contributed by atoms with Crippen LogP contribution < -0.4 is 10.6 Å². The molecule has 1 aromatic carbocycles. The number of nitrogens with zero attached hydrogens (tertiary/aromatic N) is 8. The number of hydrogen-bond acceptors (Lipinski definition) is 9. The third kappa shape index (κ3) is 3.40. The highest BCUT2D eigenvalue weighted by Crippen LogP contribution is 2.42. The van der Waals surface area contributed by atoms with Crippen molar-refractivity contribution in [1.82, 2.24) is 34.8 Å². The van der Waals surface area contributed by atoms with Gasteiger partial charge in [0.05, 0.1) is 37.1 Å². The van der Waals surface area contributed by atoms with Crippen molar-refractivity contribution in [2.75, 3.05) is 5.32 Å². The van der Waals surface area contributed by atoms with Crippen molar-refractivity contribution in [1.29, 1.82) is 5.26 Å². The molecule has 0 bridgehead atoms. The number of aromatic nitrogens is 6. The summed E-state index contributed by atoms with van der Waals surface area (Å²) in [6.07, 6.45) is 9.75. The normalized spacial score (nSPS) is 12.2. The molecule has 5 rings (SSSR count). The number of nitriles is 1. The van der Waals surface area contributed by atoms with Crippen molar-refractivity contribution in [3.63, 3.8) is 0 Å².